The molecule has 0 aliphatic rings. The minimum absolute atomic E-state index is 0.00508. The van der Waals surface area contributed by atoms with Crippen LogP contribution < -0.4 is 20.1 Å². The van der Waals surface area contributed by atoms with E-state index in [0.717, 1.165) is 4.68 Å². The van der Waals surface area contributed by atoms with Gasteiger partial charge in [-0.05, 0) is 19.1 Å². The number of hydrogen-bond donors (Lipinski definition) is 2. The van der Waals surface area contributed by atoms with Gasteiger partial charge in [0.1, 0.15) is 0 Å². The number of halogens is 3. The largest absolute Gasteiger partial charge is 0.493 e. The van der Waals surface area contributed by atoms with Gasteiger partial charge in [-0.15, -0.1) is 0 Å². The lowest BCUT2D eigenvalue weighted by Crippen LogP contribution is -2.30. The SMILES string of the molecule is CCNC(=NCc1cn(C)nc1C(F)(F)F)Nc1ccc(OC)c(OC)c1. The number of aromatic nitrogens is 2. The van der Waals surface area contributed by atoms with Crippen LogP contribution in [0.25, 0.3) is 0 Å². The first-order valence-electron chi connectivity index (χ1n) is 8.15. The maximum atomic E-state index is 13.1. The molecule has 0 unspecified atom stereocenters. The van der Waals surface area contributed by atoms with Crippen molar-refractivity contribution in [3.63, 3.8) is 0 Å². The van der Waals surface area contributed by atoms with Crippen LogP contribution in [0.5, 0.6) is 11.5 Å². The lowest BCUT2D eigenvalue weighted by Gasteiger charge is -2.14. The molecule has 2 aromatic rings. The fourth-order valence-electron chi connectivity index (χ4n) is 2.41. The molecule has 0 amide bonds. The number of anilines is 1. The number of hydrogen-bond acceptors (Lipinski definition) is 4. The molecule has 0 radical (unpaired) electrons. The molecule has 7 nitrogen and oxygen atoms in total. The van der Waals surface area contributed by atoms with Crippen molar-refractivity contribution in [2.24, 2.45) is 12.0 Å². The van der Waals surface area contributed by atoms with Gasteiger partial charge in [-0.2, -0.15) is 18.3 Å². The first-order chi connectivity index (χ1) is 12.8. The van der Waals surface area contributed by atoms with Crippen molar-refractivity contribution < 1.29 is 22.6 Å². The lowest BCUT2D eigenvalue weighted by atomic mass is 10.2. The van der Waals surface area contributed by atoms with Gasteiger partial charge in [-0.3, -0.25) is 4.68 Å². The molecule has 0 saturated heterocycles. The monoisotopic (exact) mass is 385 g/mol. The Morgan fingerprint density at radius 2 is 1.93 bits per heavy atom. The summed E-state index contributed by atoms with van der Waals surface area (Å²) in [5, 5.41) is 9.51. The molecule has 2 rings (SSSR count). The van der Waals surface area contributed by atoms with Crippen LogP contribution in [0.2, 0.25) is 0 Å². The number of aryl methyl sites for hydroxylation is 1. The van der Waals surface area contributed by atoms with Gasteiger partial charge in [0.25, 0.3) is 0 Å². The zero-order valence-electron chi connectivity index (χ0n) is 15.5. The first kappa shape index (κ1) is 20.4. The maximum absolute atomic E-state index is 13.1. The average molecular weight is 385 g/mol. The summed E-state index contributed by atoms with van der Waals surface area (Å²) >= 11 is 0. The van der Waals surface area contributed by atoms with Crippen molar-refractivity contribution in [3.8, 4) is 11.5 Å². The van der Waals surface area contributed by atoms with Gasteiger partial charge in [0.2, 0.25) is 0 Å². The first-order valence-corrected chi connectivity index (χ1v) is 8.15. The Kier molecular flexibility index (Phi) is 6.54. The van der Waals surface area contributed by atoms with Gasteiger partial charge >= 0.3 is 6.18 Å². The van der Waals surface area contributed by atoms with Crippen LogP contribution in [0.1, 0.15) is 18.2 Å². The summed E-state index contributed by atoms with van der Waals surface area (Å²) in [7, 11) is 4.49. The second-order valence-electron chi connectivity index (χ2n) is 5.56. The Bertz CT molecular complexity index is 802. The second kappa shape index (κ2) is 8.65. The summed E-state index contributed by atoms with van der Waals surface area (Å²) in [6, 6.07) is 5.17. The molecule has 10 heteroatoms. The van der Waals surface area contributed by atoms with Gasteiger partial charge in [0.05, 0.1) is 20.8 Å². The molecule has 1 aromatic heterocycles. The van der Waals surface area contributed by atoms with Gasteiger partial charge in [0.15, 0.2) is 23.2 Å². The topological polar surface area (TPSA) is 72.7 Å². The van der Waals surface area contributed by atoms with Crippen molar-refractivity contribution in [1.82, 2.24) is 15.1 Å². The van der Waals surface area contributed by atoms with Crippen LogP contribution in [0.3, 0.4) is 0 Å². The Hall–Kier alpha value is -2.91. The van der Waals surface area contributed by atoms with E-state index in [-0.39, 0.29) is 12.1 Å². The van der Waals surface area contributed by atoms with Crippen molar-refractivity contribution in [3.05, 3.63) is 35.7 Å². The Labute approximate surface area is 155 Å². The zero-order valence-corrected chi connectivity index (χ0v) is 15.5. The quantitative estimate of drug-likeness (QED) is 0.591. The van der Waals surface area contributed by atoms with Gasteiger partial charge < -0.3 is 20.1 Å². The summed E-state index contributed by atoms with van der Waals surface area (Å²) in [6.45, 7) is 2.22. The third-order valence-corrected chi connectivity index (χ3v) is 3.57. The van der Waals surface area contributed by atoms with Crippen LogP contribution in [-0.2, 0) is 19.8 Å². The van der Waals surface area contributed by atoms with E-state index in [0.29, 0.717) is 29.7 Å². The molecule has 2 N–H and O–H groups in total. The Morgan fingerprint density at radius 3 is 2.52 bits per heavy atom. The predicted molar refractivity (Wildman–Crippen MR) is 96.2 cm³/mol. The highest BCUT2D eigenvalue weighted by atomic mass is 19.4. The standard InChI is InChI=1S/C17H22F3N5O2/c1-5-21-16(23-12-6-7-13(26-3)14(8-12)27-4)22-9-11-10-25(2)24-15(11)17(18,19)20/h6-8,10H,5,9H2,1-4H3,(H2,21,22,23). The molecule has 0 spiro atoms. The molecule has 1 aromatic carbocycles. The van der Waals surface area contributed by atoms with Crippen molar-refractivity contribution in [2.45, 2.75) is 19.6 Å². The van der Waals surface area contributed by atoms with Gasteiger partial charge in [0, 0.05) is 37.1 Å². The second-order valence-corrected chi connectivity index (χ2v) is 5.56. The van der Waals surface area contributed by atoms with E-state index in [2.05, 4.69) is 20.7 Å². The van der Waals surface area contributed by atoms with E-state index in [1.807, 2.05) is 6.92 Å². The van der Waals surface area contributed by atoms with E-state index in [9.17, 15) is 13.2 Å². The molecule has 27 heavy (non-hydrogen) atoms. The van der Waals surface area contributed by atoms with Crippen molar-refractivity contribution in [1.29, 1.82) is 0 Å². The van der Waals surface area contributed by atoms with E-state index >= 15 is 0 Å². The van der Waals surface area contributed by atoms with Crippen LogP contribution >= 0.6 is 0 Å². The number of rotatable bonds is 6. The number of guanidine groups is 1. The number of aliphatic imine (C=N–C) groups is 1. The Balaban J connectivity index is 2.23. The normalized spacial score (nSPS) is 12.0. The van der Waals surface area contributed by atoms with Gasteiger partial charge in [-0.1, -0.05) is 0 Å². The van der Waals surface area contributed by atoms with Crippen molar-refractivity contribution >= 4 is 11.6 Å². The lowest BCUT2D eigenvalue weighted by molar-refractivity contribution is -0.142. The molecule has 0 saturated carbocycles. The summed E-state index contributed by atoms with van der Waals surface area (Å²) in [6.07, 6.45) is -3.21. The molecule has 148 valence electrons. The van der Waals surface area contributed by atoms with Crippen molar-refractivity contribution in [2.75, 3.05) is 26.1 Å². The minimum Gasteiger partial charge on any atom is -0.493 e. The average Bonchev–Trinajstić information content (AvgIpc) is 3.01. The minimum atomic E-state index is -4.53. The third kappa shape index (κ3) is 5.28. The van der Waals surface area contributed by atoms with E-state index < -0.39 is 11.9 Å². The summed E-state index contributed by atoms with van der Waals surface area (Å²) in [5.41, 5.74) is -0.292. The highest BCUT2D eigenvalue weighted by Crippen LogP contribution is 2.31. The van der Waals surface area contributed by atoms with Crippen LogP contribution in [-0.4, -0.2) is 36.5 Å². The number of methoxy groups -OCH3 is 2. The fraction of sp³-hybridized carbons (Fsp3) is 0.412. The summed E-state index contributed by atoms with van der Waals surface area (Å²) in [5.74, 6) is 1.42. The van der Waals surface area contributed by atoms with E-state index in [1.54, 1.807) is 18.2 Å². The third-order valence-electron chi connectivity index (χ3n) is 3.57. The number of benzene rings is 1. The fourth-order valence-corrected chi connectivity index (χ4v) is 2.41. The highest BCUT2D eigenvalue weighted by molar-refractivity contribution is 5.93. The highest BCUT2D eigenvalue weighted by Gasteiger charge is 2.36. The molecular weight excluding hydrogens is 363 g/mol. The molecular formula is C17H22F3N5O2. The van der Waals surface area contributed by atoms with Crippen LogP contribution in [0.15, 0.2) is 29.4 Å². The van der Waals surface area contributed by atoms with E-state index in [4.69, 9.17) is 9.47 Å². The number of nitrogens with one attached hydrogen (secondary N) is 2. The zero-order chi connectivity index (χ0) is 20.0. The molecule has 0 aliphatic heterocycles. The molecule has 1 heterocycles. The van der Waals surface area contributed by atoms with Crippen LogP contribution in [0, 0.1) is 0 Å². The number of nitrogens with zero attached hydrogens (tertiary/aromatic N) is 3. The van der Waals surface area contributed by atoms with Crippen LogP contribution in [0.4, 0.5) is 18.9 Å². The molecule has 0 aliphatic carbocycles. The molecule has 0 atom stereocenters. The number of ether oxygens (including phenoxy) is 2. The van der Waals surface area contributed by atoms with E-state index in [1.165, 1.54) is 27.5 Å². The smallest absolute Gasteiger partial charge is 0.435 e. The predicted octanol–water partition coefficient (Wildman–Crippen LogP) is 3.03. The van der Waals surface area contributed by atoms with Gasteiger partial charge in [-0.25, -0.2) is 4.99 Å². The maximum Gasteiger partial charge on any atom is 0.435 e. The Morgan fingerprint density at radius 1 is 1.22 bits per heavy atom. The number of alkyl halides is 3. The summed E-state index contributed by atoms with van der Waals surface area (Å²) in [4.78, 5) is 4.23. The molecule has 0 bridgehead atoms. The molecule has 0 fully saturated rings. The summed E-state index contributed by atoms with van der Waals surface area (Å²) < 4.78 is 50.7.